The quantitative estimate of drug-likeness (QED) is 0.880. The number of rotatable bonds is 4. The number of hydrogen-bond donors (Lipinski definition) is 1. The minimum absolute atomic E-state index is 0.674. The first-order valence-corrected chi connectivity index (χ1v) is 7.40. The average Bonchev–Trinajstić information content (AvgIpc) is 2.87. The monoisotopic (exact) mass is 245 g/mol. The van der Waals surface area contributed by atoms with Crippen molar-refractivity contribution in [2.45, 2.75) is 51.0 Å². The molecule has 1 heterocycles. The van der Waals surface area contributed by atoms with Crippen LogP contribution in [0.15, 0.2) is 18.2 Å². The first-order valence-electron chi connectivity index (χ1n) is 7.40. The summed E-state index contributed by atoms with van der Waals surface area (Å²) in [7, 11) is 0. The largest absolute Gasteiger partial charge is 0.494 e. The van der Waals surface area contributed by atoms with Crippen LogP contribution >= 0.6 is 0 Å². The van der Waals surface area contributed by atoms with E-state index in [1.807, 2.05) is 0 Å². The summed E-state index contributed by atoms with van der Waals surface area (Å²) in [5.74, 6) is 1.06. The van der Waals surface area contributed by atoms with Crippen molar-refractivity contribution >= 4 is 0 Å². The first kappa shape index (κ1) is 12.0. The highest BCUT2D eigenvalue weighted by Gasteiger charge is 2.13. The van der Waals surface area contributed by atoms with Crippen molar-refractivity contribution in [2.75, 3.05) is 13.2 Å². The number of ether oxygens (including phenoxy) is 1. The summed E-state index contributed by atoms with van der Waals surface area (Å²) in [5, 5.41) is 3.57. The molecule has 2 aliphatic rings. The van der Waals surface area contributed by atoms with Crippen molar-refractivity contribution in [2.24, 2.45) is 0 Å². The van der Waals surface area contributed by atoms with Gasteiger partial charge in [-0.3, -0.25) is 0 Å². The summed E-state index contributed by atoms with van der Waals surface area (Å²) in [6.07, 6.45) is 8.95. The van der Waals surface area contributed by atoms with Gasteiger partial charge in [0.05, 0.1) is 6.61 Å². The van der Waals surface area contributed by atoms with E-state index in [2.05, 4.69) is 23.5 Å². The summed E-state index contributed by atoms with van der Waals surface area (Å²) in [6.45, 7) is 2.03. The van der Waals surface area contributed by atoms with E-state index in [-0.39, 0.29) is 0 Å². The molecule has 1 aliphatic heterocycles. The van der Waals surface area contributed by atoms with E-state index >= 15 is 0 Å². The number of hydrogen-bond acceptors (Lipinski definition) is 2. The first-order chi connectivity index (χ1) is 8.92. The Labute approximate surface area is 110 Å². The molecule has 0 saturated carbocycles. The zero-order chi connectivity index (χ0) is 12.2. The van der Waals surface area contributed by atoms with E-state index < -0.39 is 0 Å². The molecule has 1 aromatic rings. The molecule has 0 radical (unpaired) electrons. The highest BCUT2D eigenvalue weighted by atomic mass is 16.5. The standard InChI is InChI=1S/C16H23NO/c1-2-10-17-15(6-1)9-11-18-16-8-7-13-4-3-5-14(13)12-16/h7-8,12,15,17H,1-6,9-11H2/t15-/m0/s1. The molecule has 3 rings (SSSR count). The van der Waals surface area contributed by atoms with Gasteiger partial charge in [0.15, 0.2) is 0 Å². The fourth-order valence-corrected chi connectivity index (χ4v) is 3.13. The smallest absolute Gasteiger partial charge is 0.119 e. The SMILES string of the molecule is c1cc2c(cc1OCC[C@@H]1CCCCN1)CCC2. The van der Waals surface area contributed by atoms with Crippen LogP contribution in [0, 0.1) is 0 Å². The topological polar surface area (TPSA) is 21.3 Å². The molecular weight excluding hydrogens is 222 g/mol. The van der Waals surface area contributed by atoms with E-state index in [4.69, 9.17) is 4.74 Å². The third-order valence-corrected chi connectivity index (χ3v) is 4.22. The average molecular weight is 245 g/mol. The maximum absolute atomic E-state index is 5.89. The van der Waals surface area contributed by atoms with Gasteiger partial charge in [0.1, 0.15) is 5.75 Å². The maximum Gasteiger partial charge on any atom is 0.119 e. The normalized spacial score (nSPS) is 22.8. The van der Waals surface area contributed by atoms with Crippen LogP contribution in [0.5, 0.6) is 5.75 Å². The van der Waals surface area contributed by atoms with Gasteiger partial charge in [-0.2, -0.15) is 0 Å². The second-order valence-electron chi connectivity index (χ2n) is 5.57. The lowest BCUT2D eigenvalue weighted by Crippen LogP contribution is -2.35. The van der Waals surface area contributed by atoms with Crippen LogP contribution in [0.25, 0.3) is 0 Å². The molecule has 2 heteroatoms. The fourth-order valence-electron chi connectivity index (χ4n) is 3.13. The van der Waals surface area contributed by atoms with Crippen molar-refractivity contribution in [1.29, 1.82) is 0 Å². The highest BCUT2D eigenvalue weighted by molar-refractivity contribution is 5.38. The molecule has 1 fully saturated rings. The van der Waals surface area contributed by atoms with Crippen molar-refractivity contribution in [3.63, 3.8) is 0 Å². The molecular formula is C16H23NO. The number of aryl methyl sites for hydroxylation is 2. The van der Waals surface area contributed by atoms with Gasteiger partial charge in [-0.15, -0.1) is 0 Å². The number of fused-ring (bicyclic) bond motifs is 1. The molecule has 2 nitrogen and oxygen atoms in total. The van der Waals surface area contributed by atoms with Crippen LogP contribution in [0.4, 0.5) is 0 Å². The zero-order valence-corrected chi connectivity index (χ0v) is 11.1. The predicted molar refractivity (Wildman–Crippen MR) is 74.2 cm³/mol. The van der Waals surface area contributed by atoms with Crippen molar-refractivity contribution in [3.8, 4) is 5.75 Å². The summed E-state index contributed by atoms with van der Waals surface area (Å²) in [5.41, 5.74) is 3.03. The van der Waals surface area contributed by atoms with Gasteiger partial charge in [-0.05, 0) is 68.3 Å². The second-order valence-corrected chi connectivity index (χ2v) is 5.57. The zero-order valence-electron chi connectivity index (χ0n) is 11.1. The van der Waals surface area contributed by atoms with Crippen LogP contribution in [0.2, 0.25) is 0 Å². The molecule has 1 atom stereocenters. The summed E-state index contributed by atoms with van der Waals surface area (Å²) in [4.78, 5) is 0. The van der Waals surface area contributed by atoms with Crippen LogP contribution in [0.1, 0.15) is 43.2 Å². The maximum atomic E-state index is 5.89. The lowest BCUT2D eigenvalue weighted by Gasteiger charge is -2.23. The van der Waals surface area contributed by atoms with E-state index in [0.717, 1.165) is 18.8 Å². The summed E-state index contributed by atoms with van der Waals surface area (Å²) >= 11 is 0. The molecule has 1 N–H and O–H groups in total. The lowest BCUT2D eigenvalue weighted by atomic mass is 10.0. The van der Waals surface area contributed by atoms with Crippen molar-refractivity contribution in [1.82, 2.24) is 5.32 Å². The molecule has 0 aromatic heterocycles. The van der Waals surface area contributed by atoms with Gasteiger partial charge >= 0.3 is 0 Å². The molecule has 0 spiro atoms. The summed E-state index contributed by atoms with van der Waals surface area (Å²) < 4.78 is 5.89. The van der Waals surface area contributed by atoms with Gasteiger partial charge in [0.2, 0.25) is 0 Å². The molecule has 1 saturated heterocycles. The fraction of sp³-hybridized carbons (Fsp3) is 0.625. The number of nitrogens with one attached hydrogen (secondary N) is 1. The van der Waals surface area contributed by atoms with Crippen LogP contribution in [-0.4, -0.2) is 19.2 Å². The second kappa shape index (κ2) is 5.75. The van der Waals surface area contributed by atoms with Gasteiger partial charge in [0, 0.05) is 6.04 Å². The molecule has 0 unspecified atom stereocenters. The third kappa shape index (κ3) is 2.86. The minimum atomic E-state index is 0.674. The Kier molecular flexibility index (Phi) is 3.84. The Balaban J connectivity index is 1.48. The van der Waals surface area contributed by atoms with Gasteiger partial charge in [0.25, 0.3) is 0 Å². The highest BCUT2D eigenvalue weighted by Crippen LogP contribution is 2.26. The molecule has 0 bridgehead atoms. The molecule has 0 amide bonds. The van der Waals surface area contributed by atoms with Crippen LogP contribution in [0.3, 0.4) is 0 Å². The lowest BCUT2D eigenvalue weighted by molar-refractivity contribution is 0.268. The van der Waals surface area contributed by atoms with Crippen molar-refractivity contribution < 1.29 is 4.74 Å². The number of benzene rings is 1. The third-order valence-electron chi connectivity index (χ3n) is 4.22. The Bertz CT molecular complexity index is 396. The molecule has 1 aliphatic carbocycles. The predicted octanol–water partition coefficient (Wildman–Crippen LogP) is 3.09. The van der Waals surface area contributed by atoms with Crippen molar-refractivity contribution in [3.05, 3.63) is 29.3 Å². The molecule has 1 aromatic carbocycles. The number of piperidine rings is 1. The van der Waals surface area contributed by atoms with Gasteiger partial charge in [-0.1, -0.05) is 12.5 Å². The van der Waals surface area contributed by atoms with Gasteiger partial charge in [-0.25, -0.2) is 0 Å². The van der Waals surface area contributed by atoms with Crippen LogP contribution in [-0.2, 0) is 12.8 Å². The molecule has 18 heavy (non-hydrogen) atoms. The Morgan fingerprint density at radius 3 is 2.94 bits per heavy atom. The Hall–Kier alpha value is -1.02. The van der Waals surface area contributed by atoms with E-state index in [1.54, 1.807) is 0 Å². The van der Waals surface area contributed by atoms with E-state index in [9.17, 15) is 0 Å². The van der Waals surface area contributed by atoms with E-state index in [1.165, 1.54) is 56.2 Å². The van der Waals surface area contributed by atoms with E-state index in [0.29, 0.717) is 6.04 Å². The van der Waals surface area contributed by atoms with Crippen LogP contribution < -0.4 is 10.1 Å². The Morgan fingerprint density at radius 2 is 2.06 bits per heavy atom. The summed E-state index contributed by atoms with van der Waals surface area (Å²) in [6, 6.07) is 7.30. The Morgan fingerprint density at radius 1 is 1.11 bits per heavy atom. The molecule has 98 valence electrons. The van der Waals surface area contributed by atoms with Gasteiger partial charge < -0.3 is 10.1 Å². The minimum Gasteiger partial charge on any atom is -0.494 e.